The summed E-state index contributed by atoms with van der Waals surface area (Å²) in [5.74, 6) is 0.676. The summed E-state index contributed by atoms with van der Waals surface area (Å²) in [4.78, 5) is 4.23. The normalized spacial score (nSPS) is 23.7. The second kappa shape index (κ2) is 3.66. The number of aromatic nitrogens is 1. The van der Waals surface area contributed by atoms with E-state index in [0.29, 0.717) is 12.0 Å². The van der Waals surface area contributed by atoms with E-state index in [1.54, 1.807) is 11.3 Å². The third-order valence-corrected chi connectivity index (χ3v) is 3.46. The van der Waals surface area contributed by atoms with Crippen molar-refractivity contribution in [2.75, 3.05) is 5.32 Å². The van der Waals surface area contributed by atoms with Gasteiger partial charge < -0.3 is 5.32 Å². The molecule has 1 N–H and O–H groups in total. The van der Waals surface area contributed by atoms with E-state index in [-0.39, 0.29) is 0 Å². The van der Waals surface area contributed by atoms with Crippen LogP contribution >= 0.6 is 11.3 Å². The first-order valence-electron chi connectivity index (χ1n) is 5.14. The van der Waals surface area contributed by atoms with E-state index in [1.807, 2.05) is 11.6 Å². The smallest absolute Gasteiger partial charge is 0.182 e. The molecule has 0 radical (unpaired) electrons. The Morgan fingerprint density at radius 3 is 2.87 bits per heavy atom. The van der Waals surface area contributed by atoms with Crippen molar-refractivity contribution >= 4 is 16.5 Å². The fourth-order valence-corrected chi connectivity index (χ4v) is 2.47. The van der Waals surface area contributed by atoms with Crippen molar-refractivity contribution in [2.45, 2.75) is 18.4 Å². The molecule has 15 heavy (non-hydrogen) atoms. The number of rotatable bonds is 3. The summed E-state index contributed by atoms with van der Waals surface area (Å²) in [6.07, 6.45) is 3.07. The van der Waals surface area contributed by atoms with Gasteiger partial charge in [0.2, 0.25) is 0 Å². The third-order valence-electron chi connectivity index (χ3n) is 2.76. The van der Waals surface area contributed by atoms with Gasteiger partial charge in [-0.1, -0.05) is 30.3 Å². The van der Waals surface area contributed by atoms with Crippen LogP contribution in [0.1, 0.15) is 17.9 Å². The summed E-state index contributed by atoms with van der Waals surface area (Å²) < 4.78 is 0. The lowest BCUT2D eigenvalue weighted by atomic mass is 10.1. The molecular weight excluding hydrogens is 204 g/mol. The van der Waals surface area contributed by atoms with Crippen LogP contribution in [-0.2, 0) is 0 Å². The number of hydrogen-bond acceptors (Lipinski definition) is 3. The molecule has 2 nitrogen and oxygen atoms in total. The van der Waals surface area contributed by atoms with Gasteiger partial charge in [-0.25, -0.2) is 4.98 Å². The lowest BCUT2D eigenvalue weighted by Crippen LogP contribution is -2.03. The van der Waals surface area contributed by atoms with Crippen molar-refractivity contribution in [1.29, 1.82) is 0 Å². The monoisotopic (exact) mass is 216 g/mol. The zero-order valence-electron chi connectivity index (χ0n) is 8.26. The highest BCUT2D eigenvalue weighted by Crippen LogP contribution is 2.42. The van der Waals surface area contributed by atoms with E-state index >= 15 is 0 Å². The maximum Gasteiger partial charge on any atom is 0.182 e. The van der Waals surface area contributed by atoms with E-state index in [9.17, 15) is 0 Å². The first kappa shape index (κ1) is 8.92. The van der Waals surface area contributed by atoms with Crippen LogP contribution in [0.3, 0.4) is 0 Å². The summed E-state index contributed by atoms with van der Waals surface area (Å²) in [5.41, 5.74) is 1.44. The molecule has 0 saturated heterocycles. The fraction of sp³-hybridized carbons (Fsp3) is 0.250. The second-order valence-electron chi connectivity index (χ2n) is 3.84. The highest BCUT2D eigenvalue weighted by atomic mass is 32.1. The van der Waals surface area contributed by atoms with Crippen molar-refractivity contribution in [3.63, 3.8) is 0 Å². The summed E-state index contributed by atoms with van der Waals surface area (Å²) in [6.45, 7) is 0. The zero-order valence-corrected chi connectivity index (χ0v) is 9.08. The molecule has 0 spiro atoms. The standard InChI is InChI=1S/C12H12N2S/c1-2-4-9(5-3-1)10-8-11(10)14-12-13-6-7-15-12/h1-7,10-11H,8H2,(H,13,14)/t10-,11+/m0/s1. The number of hydrogen-bond donors (Lipinski definition) is 1. The zero-order chi connectivity index (χ0) is 10.1. The first-order chi connectivity index (χ1) is 7.43. The van der Waals surface area contributed by atoms with Gasteiger partial charge in [-0.15, -0.1) is 11.3 Å². The summed E-state index contributed by atoms with van der Waals surface area (Å²) >= 11 is 1.67. The predicted molar refractivity (Wildman–Crippen MR) is 63.3 cm³/mol. The number of benzene rings is 1. The molecule has 1 heterocycles. The van der Waals surface area contributed by atoms with E-state index in [4.69, 9.17) is 0 Å². The van der Waals surface area contributed by atoms with Crippen molar-refractivity contribution in [3.05, 3.63) is 47.5 Å². The summed E-state index contributed by atoms with van der Waals surface area (Å²) in [7, 11) is 0. The highest BCUT2D eigenvalue weighted by Gasteiger charge is 2.38. The van der Waals surface area contributed by atoms with Gasteiger partial charge >= 0.3 is 0 Å². The average molecular weight is 216 g/mol. The van der Waals surface area contributed by atoms with Gasteiger partial charge in [0.15, 0.2) is 5.13 Å². The number of nitrogens with one attached hydrogen (secondary N) is 1. The molecule has 2 aromatic rings. The van der Waals surface area contributed by atoms with E-state index in [0.717, 1.165) is 5.13 Å². The molecule has 3 rings (SSSR count). The Morgan fingerprint density at radius 2 is 2.13 bits per heavy atom. The minimum atomic E-state index is 0.582. The SMILES string of the molecule is c1ccc([C@@H]2C[C@H]2Nc2nccs2)cc1. The molecule has 1 aliphatic rings. The molecule has 1 saturated carbocycles. The molecule has 1 fully saturated rings. The largest absolute Gasteiger partial charge is 0.358 e. The van der Waals surface area contributed by atoms with Crippen molar-refractivity contribution in [1.82, 2.24) is 4.98 Å². The highest BCUT2D eigenvalue weighted by molar-refractivity contribution is 7.13. The minimum Gasteiger partial charge on any atom is -0.358 e. The van der Waals surface area contributed by atoms with Gasteiger partial charge in [0, 0.05) is 23.5 Å². The quantitative estimate of drug-likeness (QED) is 0.852. The molecule has 1 aliphatic carbocycles. The molecule has 1 aromatic carbocycles. The van der Waals surface area contributed by atoms with Crippen LogP contribution in [0.2, 0.25) is 0 Å². The van der Waals surface area contributed by atoms with Gasteiger partial charge in [0.1, 0.15) is 0 Å². The molecule has 2 atom stereocenters. The molecule has 0 bridgehead atoms. The van der Waals surface area contributed by atoms with Crippen molar-refractivity contribution < 1.29 is 0 Å². The van der Waals surface area contributed by atoms with Crippen LogP contribution in [0.5, 0.6) is 0 Å². The molecule has 3 heteroatoms. The van der Waals surface area contributed by atoms with Crippen LogP contribution in [0.15, 0.2) is 41.9 Å². The summed E-state index contributed by atoms with van der Waals surface area (Å²) in [6, 6.07) is 11.3. The van der Waals surface area contributed by atoms with Crippen molar-refractivity contribution in [3.8, 4) is 0 Å². The Hall–Kier alpha value is -1.35. The van der Waals surface area contributed by atoms with Crippen LogP contribution in [0.25, 0.3) is 0 Å². The van der Waals surface area contributed by atoms with E-state index in [2.05, 4.69) is 40.6 Å². The van der Waals surface area contributed by atoms with Gasteiger partial charge in [-0.3, -0.25) is 0 Å². The molecule has 0 amide bonds. The second-order valence-corrected chi connectivity index (χ2v) is 4.74. The Labute approximate surface area is 93.0 Å². The predicted octanol–water partition coefficient (Wildman–Crippen LogP) is 3.11. The maximum atomic E-state index is 4.23. The van der Waals surface area contributed by atoms with Crippen LogP contribution in [0, 0.1) is 0 Å². The van der Waals surface area contributed by atoms with Crippen molar-refractivity contribution in [2.24, 2.45) is 0 Å². The van der Waals surface area contributed by atoms with Crippen LogP contribution < -0.4 is 5.32 Å². The lowest BCUT2D eigenvalue weighted by molar-refractivity contribution is 1.04. The Bertz CT molecular complexity index is 424. The van der Waals surface area contributed by atoms with Crippen LogP contribution in [-0.4, -0.2) is 11.0 Å². The average Bonchev–Trinajstić information content (AvgIpc) is 2.84. The topological polar surface area (TPSA) is 24.9 Å². The molecule has 0 aliphatic heterocycles. The van der Waals surface area contributed by atoms with Gasteiger partial charge in [0.25, 0.3) is 0 Å². The van der Waals surface area contributed by atoms with E-state index < -0.39 is 0 Å². The molecule has 76 valence electrons. The Morgan fingerprint density at radius 1 is 1.27 bits per heavy atom. The first-order valence-corrected chi connectivity index (χ1v) is 6.02. The molecule has 0 unspecified atom stereocenters. The van der Waals surface area contributed by atoms with Gasteiger partial charge in [-0.2, -0.15) is 0 Å². The number of thiazole rings is 1. The van der Waals surface area contributed by atoms with Gasteiger partial charge in [-0.05, 0) is 12.0 Å². The molecule has 1 aromatic heterocycles. The lowest BCUT2D eigenvalue weighted by Gasteiger charge is -2.01. The third kappa shape index (κ3) is 1.88. The Kier molecular flexibility index (Phi) is 2.18. The van der Waals surface area contributed by atoms with Crippen LogP contribution in [0.4, 0.5) is 5.13 Å². The van der Waals surface area contributed by atoms with Gasteiger partial charge in [0.05, 0.1) is 0 Å². The Balaban J connectivity index is 1.65. The summed E-state index contributed by atoms with van der Waals surface area (Å²) in [5, 5.41) is 6.49. The molecular formula is C12H12N2S. The van der Waals surface area contributed by atoms with E-state index in [1.165, 1.54) is 12.0 Å². The number of nitrogens with zero attached hydrogens (tertiary/aromatic N) is 1. The number of anilines is 1. The minimum absolute atomic E-state index is 0.582. The maximum absolute atomic E-state index is 4.23. The fourth-order valence-electron chi connectivity index (χ4n) is 1.88.